The summed E-state index contributed by atoms with van der Waals surface area (Å²) >= 11 is 11.2. The highest BCUT2D eigenvalue weighted by molar-refractivity contribution is 6.18. The van der Waals surface area contributed by atoms with E-state index >= 15 is 0 Å². The van der Waals surface area contributed by atoms with E-state index in [0.717, 1.165) is 0 Å². The lowest BCUT2D eigenvalue weighted by Gasteiger charge is -2.23. The maximum atomic E-state index is 8.58. The second-order valence-electron chi connectivity index (χ2n) is 2.92. The fourth-order valence-corrected chi connectivity index (χ4v) is 1.18. The molecule has 2 atom stereocenters. The second kappa shape index (κ2) is 4.94. The number of alkyl halides is 2. The van der Waals surface area contributed by atoms with Crippen LogP contribution in [0.5, 0.6) is 0 Å². The minimum absolute atomic E-state index is 0.0362. The highest BCUT2D eigenvalue weighted by atomic mass is 35.5. The van der Waals surface area contributed by atoms with E-state index in [1.54, 1.807) is 6.92 Å². The highest BCUT2D eigenvalue weighted by Gasteiger charge is 2.51. The fourth-order valence-electron chi connectivity index (χ4n) is 0.907. The summed E-state index contributed by atoms with van der Waals surface area (Å²) in [5.74, 6) is -2.56. The predicted octanol–water partition coefficient (Wildman–Crippen LogP) is 0.821. The maximum Gasteiger partial charge on any atom is 0.328 e. The molecule has 84 valence electrons. The van der Waals surface area contributed by atoms with Crippen LogP contribution in [0.3, 0.4) is 0 Å². The van der Waals surface area contributed by atoms with Crippen LogP contribution in [-0.4, -0.2) is 41.8 Å². The van der Waals surface area contributed by atoms with E-state index in [1.165, 1.54) is 0 Å². The van der Waals surface area contributed by atoms with Gasteiger partial charge in [0, 0.05) is 0 Å². The summed E-state index contributed by atoms with van der Waals surface area (Å²) in [4.78, 5) is 9.67. The van der Waals surface area contributed by atoms with Gasteiger partial charge in [-0.3, -0.25) is 4.74 Å². The first-order valence-electron chi connectivity index (χ1n) is 4.03. The quantitative estimate of drug-likeness (QED) is 0.575. The molecule has 1 aliphatic rings. The summed E-state index contributed by atoms with van der Waals surface area (Å²) in [5.41, 5.74) is 0. The Morgan fingerprint density at radius 1 is 1.29 bits per heavy atom. The molecule has 1 saturated heterocycles. The fraction of sp³-hybridized carbons (Fsp3) is 1.00. The van der Waals surface area contributed by atoms with Gasteiger partial charge >= 0.3 is 5.97 Å². The van der Waals surface area contributed by atoms with Crippen molar-refractivity contribution < 1.29 is 24.4 Å². The van der Waals surface area contributed by atoms with Crippen molar-refractivity contribution in [2.75, 3.05) is 25.0 Å². The third-order valence-electron chi connectivity index (χ3n) is 1.54. The van der Waals surface area contributed by atoms with Gasteiger partial charge in [-0.1, -0.05) is 0 Å². The van der Waals surface area contributed by atoms with E-state index in [-0.39, 0.29) is 25.0 Å². The second-order valence-corrected chi connectivity index (χ2v) is 3.46. The number of hydrogen-bond donors (Lipinski definition) is 1. The molecule has 0 aromatic heterocycles. The summed E-state index contributed by atoms with van der Waals surface area (Å²) in [6, 6.07) is 0. The Hall–Kier alpha value is 0.380. The molecular weight excluding hydrogens is 235 g/mol. The molecule has 1 fully saturated rings. The first kappa shape index (κ1) is 12.4. The van der Waals surface area contributed by atoms with Gasteiger partial charge in [-0.2, -0.15) is 9.78 Å². The Bertz CT molecular complexity index is 189. The Morgan fingerprint density at radius 3 is 2.43 bits per heavy atom. The minimum atomic E-state index is -1.48. The van der Waals surface area contributed by atoms with Crippen LogP contribution in [0.1, 0.15) is 6.92 Å². The van der Waals surface area contributed by atoms with Gasteiger partial charge in [-0.15, -0.1) is 23.2 Å². The van der Waals surface area contributed by atoms with Crippen molar-refractivity contribution in [3.63, 3.8) is 0 Å². The number of rotatable bonds is 5. The zero-order valence-corrected chi connectivity index (χ0v) is 9.18. The van der Waals surface area contributed by atoms with Gasteiger partial charge in [0.05, 0.1) is 19.1 Å². The molecule has 7 heteroatoms. The SMILES string of the molecule is C[C@]1(CCl)OO[C@](CCl)(OCCO)O1. The zero-order chi connectivity index (χ0) is 10.7. The molecule has 0 radical (unpaired) electrons. The molecule has 0 saturated carbocycles. The molecule has 1 N–H and O–H groups in total. The first-order chi connectivity index (χ1) is 6.60. The van der Waals surface area contributed by atoms with E-state index in [1.807, 2.05) is 0 Å². The summed E-state index contributed by atoms with van der Waals surface area (Å²) in [5, 5.41) is 8.58. The molecule has 0 amide bonds. The van der Waals surface area contributed by atoms with Crippen LogP contribution in [0.25, 0.3) is 0 Å². The molecule has 0 aromatic rings. The highest BCUT2D eigenvalue weighted by Crippen LogP contribution is 2.35. The van der Waals surface area contributed by atoms with Gasteiger partial charge in [0.15, 0.2) is 0 Å². The molecule has 1 heterocycles. The van der Waals surface area contributed by atoms with Crippen molar-refractivity contribution >= 4 is 23.2 Å². The normalized spacial score (nSPS) is 37.7. The van der Waals surface area contributed by atoms with Crippen LogP contribution in [0, 0.1) is 0 Å². The molecular formula is C7H12Cl2O5. The Morgan fingerprint density at radius 2 is 2.00 bits per heavy atom. The third-order valence-corrected chi connectivity index (χ3v) is 2.35. The summed E-state index contributed by atoms with van der Waals surface area (Å²) in [6.45, 7) is 1.47. The predicted molar refractivity (Wildman–Crippen MR) is 48.9 cm³/mol. The van der Waals surface area contributed by atoms with Crippen molar-refractivity contribution in [3.05, 3.63) is 0 Å². The van der Waals surface area contributed by atoms with Crippen LogP contribution in [0.4, 0.5) is 0 Å². The average Bonchev–Trinajstić information content (AvgIpc) is 2.55. The first-order valence-corrected chi connectivity index (χ1v) is 5.10. The average molecular weight is 247 g/mol. The number of hydrogen-bond acceptors (Lipinski definition) is 5. The van der Waals surface area contributed by atoms with Gasteiger partial charge in [-0.25, -0.2) is 0 Å². The van der Waals surface area contributed by atoms with Crippen molar-refractivity contribution in [1.82, 2.24) is 0 Å². The lowest BCUT2D eigenvalue weighted by molar-refractivity contribution is -0.407. The van der Waals surface area contributed by atoms with Gasteiger partial charge in [0.1, 0.15) is 5.88 Å². The van der Waals surface area contributed by atoms with Crippen LogP contribution in [0.2, 0.25) is 0 Å². The molecule has 1 aliphatic heterocycles. The Kier molecular flexibility index (Phi) is 4.39. The molecule has 1 rings (SSSR count). The smallest absolute Gasteiger partial charge is 0.328 e. The van der Waals surface area contributed by atoms with E-state index in [9.17, 15) is 0 Å². The number of aliphatic hydroxyl groups excluding tert-OH is 1. The van der Waals surface area contributed by atoms with Crippen molar-refractivity contribution in [3.8, 4) is 0 Å². The monoisotopic (exact) mass is 246 g/mol. The molecule has 0 bridgehead atoms. The summed E-state index contributed by atoms with van der Waals surface area (Å²) in [6.07, 6.45) is 0. The Balaban J connectivity index is 2.56. The summed E-state index contributed by atoms with van der Waals surface area (Å²) < 4.78 is 10.4. The van der Waals surface area contributed by atoms with Crippen molar-refractivity contribution in [1.29, 1.82) is 0 Å². The van der Waals surface area contributed by atoms with Crippen LogP contribution in [-0.2, 0) is 19.2 Å². The van der Waals surface area contributed by atoms with Crippen LogP contribution in [0.15, 0.2) is 0 Å². The van der Waals surface area contributed by atoms with Crippen molar-refractivity contribution in [2.45, 2.75) is 18.7 Å². The van der Waals surface area contributed by atoms with Gasteiger partial charge in [0.2, 0.25) is 5.79 Å². The molecule has 0 aromatic carbocycles. The molecule has 0 unspecified atom stereocenters. The zero-order valence-electron chi connectivity index (χ0n) is 7.66. The topological polar surface area (TPSA) is 57.2 Å². The van der Waals surface area contributed by atoms with E-state index in [0.29, 0.717) is 0 Å². The van der Waals surface area contributed by atoms with Crippen LogP contribution >= 0.6 is 23.2 Å². The molecule has 0 spiro atoms. The van der Waals surface area contributed by atoms with E-state index in [2.05, 4.69) is 0 Å². The summed E-state index contributed by atoms with van der Waals surface area (Å²) in [7, 11) is 0. The third kappa shape index (κ3) is 2.70. The molecule has 0 aliphatic carbocycles. The van der Waals surface area contributed by atoms with E-state index < -0.39 is 11.8 Å². The number of halogens is 2. The number of aliphatic hydroxyl groups is 1. The maximum absolute atomic E-state index is 8.58. The Labute approximate surface area is 91.7 Å². The minimum Gasteiger partial charge on any atom is -0.394 e. The molecule has 14 heavy (non-hydrogen) atoms. The van der Waals surface area contributed by atoms with Crippen molar-refractivity contribution in [2.24, 2.45) is 0 Å². The lowest BCUT2D eigenvalue weighted by atomic mass is 10.4. The number of ether oxygens (including phenoxy) is 2. The van der Waals surface area contributed by atoms with Gasteiger partial charge < -0.3 is 9.84 Å². The standard InChI is InChI=1S/C7H12Cl2O5/c1-6(4-8)12-7(5-9,14-13-6)11-3-2-10/h10H,2-5H2,1H3/t6-,7-/m1/s1. The largest absolute Gasteiger partial charge is 0.394 e. The van der Waals surface area contributed by atoms with E-state index in [4.69, 9.17) is 47.6 Å². The lowest BCUT2D eigenvalue weighted by Crippen LogP contribution is -2.40. The van der Waals surface area contributed by atoms with Crippen LogP contribution < -0.4 is 0 Å². The van der Waals surface area contributed by atoms with Gasteiger partial charge in [0.25, 0.3) is 0 Å². The van der Waals surface area contributed by atoms with Gasteiger partial charge in [-0.05, 0) is 6.92 Å². The molecule has 5 nitrogen and oxygen atoms in total.